The Kier molecular flexibility index (Phi) is 2.23. The van der Waals surface area contributed by atoms with Crippen molar-refractivity contribution in [2.45, 2.75) is 0 Å². The Morgan fingerprint density at radius 2 is 1.70 bits per heavy atom. The molecule has 2 aromatic carbocycles. The molecule has 2 aliphatic rings. The molecule has 96 valence electrons. The number of para-hydroxylation sites is 2. The SMILES string of the molecule is N=c1c2cc3ccccc3oc-2nn1-c1ccccc1. The van der Waals surface area contributed by atoms with E-state index in [9.17, 15) is 0 Å². The molecule has 4 heteroatoms. The van der Waals surface area contributed by atoms with Crippen molar-refractivity contribution in [3.63, 3.8) is 0 Å². The van der Waals surface area contributed by atoms with Gasteiger partial charge in [0.2, 0.25) is 5.89 Å². The Labute approximate surface area is 114 Å². The molecule has 2 aromatic rings. The van der Waals surface area contributed by atoms with Crippen LogP contribution in [-0.2, 0) is 0 Å². The highest BCUT2D eigenvalue weighted by atomic mass is 16.3. The molecule has 2 heterocycles. The molecule has 4 rings (SSSR count). The molecule has 4 nitrogen and oxygen atoms in total. The van der Waals surface area contributed by atoms with Crippen LogP contribution in [0.3, 0.4) is 0 Å². The maximum absolute atomic E-state index is 8.27. The van der Waals surface area contributed by atoms with Gasteiger partial charge in [-0.1, -0.05) is 36.4 Å². The van der Waals surface area contributed by atoms with E-state index >= 15 is 0 Å². The predicted molar refractivity (Wildman–Crippen MR) is 75.8 cm³/mol. The summed E-state index contributed by atoms with van der Waals surface area (Å²) >= 11 is 0. The fraction of sp³-hybridized carbons (Fsp3) is 0. The molecule has 0 atom stereocenters. The summed E-state index contributed by atoms with van der Waals surface area (Å²) in [6.45, 7) is 0. The summed E-state index contributed by atoms with van der Waals surface area (Å²) in [6.07, 6.45) is 0. The van der Waals surface area contributed by atoms with E-state index in [4.69, 9.17) is 9.83 Å². The average Bonchev–Trinajstić information content (AvgIpc) is 2.83. The zero-order valence-corrected chi connectivity index (χ0v) is 10.6. The number of nitrogens with zero attached hydrogens (tertiary/aromatic N) is 2. The predicted octanol–water partition coefficient (Wildman–Crippen LogP) is 3.20. The third-order valence-electron chi connectivity index (χ3n) is 3.31. The first-order valence-corrected chi connectivity index (χ1v) is 6.34. The number of benzene rings is 2. The smallest absolute Gasteiger partial charge is 0.248 e. The van der Waals surface area contributed by atoms with Gasteiger partial charge in [0.15, 0.2) is 5.49 Å². The standard InChI is InChI=1S/C16H11N3O/c17-15-13-10-11-6-4-5-9-14(11)20-16(13)18-19(15)12-7-2-1-3-8-12/h1-10,17H. The Morgan fingerprint density at radius 3 is 2.55 bits per heavy atom. The van der Waals surface area contributed by atoms with Crippen molar-refractivity contribution in [1.29, 1.82) is 5.41 Å². The van der Waals surface area contributed by atoms with Gasteiger partial charge < -0.3 is 4.42 Å². The monoisotopic (exact) mass is 261 g/mol. The first-order valence-electron chi connectivity index (χ1n) is 6.34. The van der Waals surface area contributed by atoms with Crippen LogP contribution in [0.5, 0.6) is 0 Å². The molecule has 0 bridgehead atoms. The minimum Gasteiger partial charge on any atom is -0.436 e. The quantitative estimate of drug-likeness (QED) is 0.572. The van der Waals surface area contributed by atoms with Crippen molar-refractivity contribution in [3.8, 4) is 17.1 Å². The highest BCUT2D eigenvalue weighted by Crippen LogP contribution is 2.24. The number of hydrogen-bond acceptors (Lipinski definition) is 3. The van der Waals surface area contributed by atoms with Crippen LogP contribution in [0.4, 0.5) is 0 Å². The Hall–Kier alpha value is -2.88. The topological polar surface area (TPSA) is 54.8 Å². The number of rotatable bonds is 1. The van der Waals surface area contributed by atoms with Gasteiger partial charge in [0.1, 0.15) is 5.58 Å². The van der Waals surface area contributed by atoms with Gasteiger partial charge in [-0.3, -0.25) is 5.41 Å². The third-order valence-corrected chi connectivity index (χ3v) is 3.31. The summed E-state index contributed by atoms with van der Waals surface area (Å²) in [5.74, 6) is 0.484. The number of aromatic nitrogens is 2. The van der Waals surface area contributed by atoms with E-state index in [2.05, 4.69) is 5.10 Å². The van der Waals surface area contributed by atoms with Crippen LogP contribution in [0, 0.1) is 5.41 Å². The summed E-state index contributed by atoms with van der Waals surface area (Å²) in [5, 5.41) is 13.6. The normalized spacial score (nSPS) is 11.2. The fourth-order valence-electron chi connectivity index (χ4n) is 2.32. The van der Waals surface area contributed by atoms with Crippen molar-refractivity contribution >= 4 is 11.0 Å². The van der Waals surface area contributed by atoms with Crippen LogP contribution in [-0.4, -0.2) is 9.78 Å². The van der Waals surface area contributed by atoms with Crippen LogP contribution in [0.2, 0.25) is 0 Å². The van der Waals surface area contributed by atoms with E-state index in [0.717, 1.165) is 16.7 Å². The van der Waals surface area contributed by atoms with Gasteiger partial charge in [0.25, 0.3) is 0 Å². The first-order chi connectivity index (χ1) is 9.83. The summed E-state index contributed by atoms with van der Waals surface area (Å²) in [5.41, 5.74) is 2.68. The highest BCUT2D eigenvalue weighted by Gasteiger charge is 2.16. The van der Waals surface area contributed by atoms with Crippen molar-refractivity contribution in [3.05, 3.63) is 66.2 Å². The zero-order valence-electron chi connectivity index (χ0n) is 10.6. The lowest BCUT2D eigenvalue weighted by atomic mass is 10.2. The molecule has 0 radical (unpaired) electrons. The number of nitrogens with one attached hydrogen (secondary N) is 1. The maximum atomic E-state index is 8.27. The largest absolute Gasteiger partial charge is 0.436 e. The molecule has 0 aliphatic carbocycles. The van der Waals surface area contributed by atoms with E-state index < -0.39 is 0 Å². The summed E-state index contributed by atoms with van der Waals surface area (Å²) < 4.78 is 7.37. The first kappa shape index (κ1) is 11.0. The molecule has 0 amide bonds. The molecule has 0 unspecified atom stereocenters. The maximum Gasteiger partial charge on any atom is 0.248 e. The molecular weight excluding hydrogens is 250 g/mol. The van der Waals surface area contributed by atoms with Gasteiger partial charge in [0.05, 0.1) is 11.3 Å². The molecule has 0 fully saturated rings. The molecule has 1 N–H and O–H groups in total. The second-order valence-electron chi connectivity index (χ2n) is 4.60. The van der Waals surface area contributed by atoms with Crippen LogP contribution in [0.15, 0.2) is 65.1 Å². The van der Waals surface area contributed by atoms with Crippen molar-refractivity contribution < 1.29 is 4.42 Å². The summed E-state index contributed by atoms with van der Waals surface area (Å²) in [4.78, 5) is 0. The van der Waals surface area contributed by atoms with E-state index in [-0.39, 0.29) is 0 Å². The van der Waals surface area contributed by atoms with Gasteiger partial charge in [-0.25, -0.2) is 4.68 Å². The Morgan fingerprint density at radius 1 is 0.950 bits per heavy atom. The van der Waals surface area contributed by atoms with Gasteiger partial charge >= 0.3 is 0 Å². The van der Waals surface area contributed by atoms with Crippen LogP contribution in [0.1, 0.15) is 0 Å². The van der Waals surface area contributed by atoms with Crippen LogP contribution >= 0.6 is 0 Å². The molecule has 20 heavy (non-hydrogen) atoms. The van der Waals surface area contributed by atoms with E-state index in [1.165, 1.54) is 0 Å². The van der Waals surface area contributed by atoms with Crippen LogP contribution in [0.25, 0.3) is 28.1 Å². The van der Waals surface area contributed by atoms with Gasteiger partial charge in [-0.05, 0) is 24.3 Å². The lowest BCUT2D eigenvalue weighted by Crippen LogP contribution is -2.14. The Balaban J connectivity index is 2.06. The summed E-state index contributed by atoms with van der Waals surface area (Å²) in [6, 6.07) is 19.3. The number of fused-ring (bicyclic) bond motifs is 2. The zero-order chi connectivity index (χ0) is 13.5. The summed E-state index contributed by atoms with van der Waals surface area (Å²) in [7, 11) is 0. The number of hydrogen-bond donors (Lipinski definition) is 1. The molecule has 2 aliphatic heterocycles. The highest BCUT2D eigenvalue weighted by molar-refractivity contribution is 5.81. The van der Waals surface area contributed by atoms with Gasteiger partial charge in [-0.2, -0.15) is 0 Å². The van der Waals surface area contributed by atoms with E-state index in [0.29, 0.717) is 16.9 Å². The van der Waals surface area contributed by atoms with Crippen molar-refractivity contribution in [2.24, 2.45) is 0 Å². The average molecular weight is 261 g/mol. The molecule has 0 saturated heterocycles. The molecule has 0 spiro atoms. The Bertz CT molecular complexity index is 921. The lowest BCUT2D eigenvalue weighted by molar-refractivity contribution is 0.591. The minimum absolute atomic E-state index is 0.334. The van der Waals surface area contributed by atoms with E-state index in [1.807, 2.05) is 60.7 Å². The minimum atomic E-state index is 0.334. The molecule has 0 aromatic heterocycles. The van der Waals surface area contributed by atoms with Crippen molar-refractivity contribution in [1.82, 2.24) is 9.78 Å². The van der Waals surface area contributed by atoms with Crippen LogP contribution < -0.4 is 5.49 Å². The fourth-order valence-corrected chi connectivity index (χ4v) is 2.32. The lowest BCUT2D eigenvalue weighted by Gasteiger charge is -1.98. The van der Waals surface area contributed by atoms with E-state index in [1.54, 1.807) is 4.68 Å². The molecular formula is C16H11N3O. The van der Waals surface area contributed by atoms with Crippen molar-refractivity contribution in [2.75, 3.05) is 0 Å². The van der Waals surface area contributed by atoms with Gasteiger partial charge in [-0.15, -0.1) is 5.10 Å². The third kappa shape index (κ3) is 1.55. The van der Waals surface area contributed by atoms with Gasteiger partial charge in [0, 0.05) is 5.39 Å². The second-order valence-corrected chi connectivity index (χ2v) is 4.60. The second kappa shape index (κ2) is 4.06. The molecule has 0 saturated carbocycles.